The average Bonchev–Trinajstić information content (AvgIpc) is 3.24. The third kappa shape index (κ3) is 4.49. The summed E-state index contributed by atoms with van der Waals surface area (Å²) in [6.07, 6.45) is -2.85. The highest BCUT2D eigenvalue weighted by Crippen LogP contribution is 2.46. The highest BCUT2D eigenvalue weighted by Gasteiger charge is 2.35. The number of hydrogen-bond donors (Lipinski definition) is 2. The Bertz CT molecular complexity index is 1110. The van der Waals surface area contributed by atoms with E-state index in [9.17, 15) is 18.0 Å². The molecule has 0 aliphatic heterocycles. The number of nitrogens with zero attached hydrogens (tertiary/aromatic N) is 2. The lowest BCUT2D eigenvalue weighted by Crippen LogP contribution is -2.21. The standard InChI is InChI=1S/C21H22ClF3N4OS/c1-3-29-17(11(2)10-28-29)16-15(18(20(27)30)31-19(16)22)13(9-26)8-12-6-4-5-7-14(12)21(23,24)25/h4-7,10,13H,3,8-9,26H2,1-2H3,(H2,27,30)/t13-/m1/s1. The van der Waals surface area contributed by atoms with Gasteiger partial charge in [-0.25, -0.2) is 0 Å². The maximum absolute atomic E-state index is 13.5. The van der Waals surface area contributed by atoms with Crippen molar-refractivity contribution in [2.45, 2.75) is 38.9 Å². The van der Waals surface area contributed by atoms with Gasteiger partial charge in [0.05, 0.1) is 22.3 Å². The monoisotopic (exact) mass is 470 g/mol. The highest BCUT2D eigenvalue weighted by atomic mass is 35.5. The summed E-state index contributed by atoms with van der Waals surface area (Å²) in [5.74, 6) is -1.31. The van der Waals surface area contributed by atoms with Crippen LogP contribution in [-0.2, 0) is 19.1 Å². The SMILES string of the molecule is CCn1ncc(C)c1-c1c(Cl)sc(C(N)=O)c1[C@@H](CN)Cc1ccccc1C(F)(F)F. The molecule has 3 aromatic rings. The second-order valence-corrected chi connectivity index (χ2v) is 8.76. The minimum Gasteiger partial charge on any atom is -0.365 e. The molecule has 0 aliphatic rings. The van der Waals surface area contributed by atoms with E-state index in [1.807, 2.05) is 13.8 Å². The van der Waals surface area contributed by atoms with Crippen LogP contribution in [-0.4, -0.2) is 22.2 Å². The largest absolute Gasteiger partial charge is 0.416 e. The molecule has 0 bridgehead atoms. The van der Waals surface area contributed by atoms with E-state index in [4.69, 9.17) is 23.1 Å². The molecule has 1 amide bonds. The molecule has 0 saturated carbocycles. The van der Waals surface area contributed by atoms with Crippen LogP contribution in [0.25, 0.3) is 11.3 Å². The zero-order valence-corrected chi connectivity index (χ0v) is 18.5. The predicted molar refractivity (Wildman–Crippen MR) is 116 cm³/mol. The molecule has 3 rings (SSSR count). The molecule has 0 aliphatic carbocycles. The Hall–Kier alpha value is -2.36. The summed E-state index contributed by atoms with van der Waals surface area (Å²) in [7, 11) is 0. The lowest BCUT2D eigenvalue weighted by Gasteiger charge is -2.21. The van der Waals surface area contributed by atoms with Crippen molar-refractivity contribution in [2.75, 3.05) is 6.54 Å². The Balaban J connectivity index is 2.21. The van der Waals surface area contributed by atoms with E-state index >= 15 is 0 Å². The first kappa shape index (κ1) is 23.3. The molecular formula is C21H22ClF3N4OS. The van der Waals surface area contributed by atoms with Crippen LogP contribution in [0.3, 0.4) is 0 Å². The number of rotatable bonds is 7. The molecule has 0 fully saturated rings. The van der Waals surface area contributed by atoms with Crippen LogP contribution >= 0.6 is 22.9 Å². The summed E-state index contributed by atoms with van der Waals surface area (Å²) in [4.78, 5) is 12.4. The van der Waals surface area contributed by atoms with E-state index in [-0.39, 0.29) is 23.4 Å². The van der Waals surface area contributed by atoms with Crippen molar-refractivity contribution in [1.29, 1.82) is 0 Å². The van der Waals surface area contributed by atoms with Gasteiger partial charge in [-0.3, -0.25) is 9.48 Å². The van der Waals surface area contributed by atoms with Crippen LogP contribution in [0.15, 0.2) is 30.5 Å². The normalized spacial score (nSPS) is 12.9. The van der Waals surface area contributed by atoms with Crippen molar-refractivity contribution >= 4 is 28.8 Å². The number of halogens is 4. The Morgan fingerprint density at radius 3 is 2.58 bits per heavy atom. The fourth-order valence-corrected chi connectivity index (χ4v) is 5.19. The number of carbonyl (C=O) groups excluding carboxylic acids is 1. The molecule has 4 N–H and O–H groups in total. The number of alkyl halides is 3. The highest BCUT2D eigenvalue weighted by molar-refractivity contribution is 7.18. The number of aryl methyl sites for hydroxylation is 2. The summed E-state index contributed by atoms with van der Waals surface area (Å²) >= 11 is 7.55. The number of carbonyl (C=O) groups is 1. The molecule has 10 heteroatoms. The Kier molecular flexibility index (Phi) is 6.78. The van der Waals surface area contributed by atoms with Gasteiger partial charge in [-0.15, -0.1) is 11.3 Å². The van der Waals surface area contributed by atoms with Crippen LogP contribution in [0, 0.1) is 6.92 Å². The number of benzene rings is 1. The first-order chi connectivity index (χ1) is 14.6. The molecule has 1 aromatic carbocycles. The van der Waals surface area contributed by atoms with Gasteiger partial charge in [0.1, 0.15) is 4.34 Å². The molecule has 2 heterocycles. The number of primary amides is 1. The first-order valence-electron chi connectivity index (χ1n) is 9.60. The zero-order chi connectivity index (χ0) is 22.9. The Morgan fingerprint density at radius 1 is 1.32 bits per heavy atom. The van der Waals surface area contributed by atoms with Gasteiger partial charge in [-0.2, -0.15) is 18.3 Å². The van der Waals surface area contributed by atoms with Gasteiger partial charge in [0.2, 0.25) is 0 Å². The Labute approximate surface area is 186 Å². The number of aromatic nitrogens is 2. The van der Waals surface area contributed by atoms with Crippen molar-refractivity contribution in [1.82, 2.24) is 9.78 Å². The van der Waals surface area contributed by atoms with Crippen molar-refractivity contribution < 1.29 is 18.0 Å². The fourth-order valence-electron chi connectivity index (χ4n) is 3.80. The fraction of sp³-hybridized carbons (Fsp3) is 0.333. The molecular weight excluding hydrogens is 449 g/mol. The van der Waals surface area contributed by atoms with Crippen LogP contribution < -0.4 is 11.5 Å². The van der Waals surface area contributed by atoms with E-state index in [0.29, 0.717) is 27.7 Å². The molecule has 0 radical (unpaired) electrons. The van der Waals surface area contributed by atoms with E-state index < -0.39 is 23.6 Å². The summed E-state index contributed by atoms with van der Waals surface area (Å²) < 4.78 is 42.7. The Morgan fingerprint density at radius 2 is 2.00 bits per heavy atom. The predicted octanol–water partition coefficient (Wildman–Crippen LogP) is 5.00. The van der Waals surface area contributed by atoms with Gasteiger partial charge in [-0.1, -0.05) is 29.8 Å². The van der Waals surface area contributed by atoms with Crippen LogP contribution in [0.4, 0.5) is 13.2 Å². The molecule has 5 nitrogen and oxygen atoms in total. The molecule has 31 heavy (non-hydrogen) atoms. The molecule has 0 saturated heterocycles. The van der Waals surface area contributed by atoms with E-state index in [1.54, 1.807) is 16.9 Å². The average molecular weight is 471 g/mol. The van der Waals surface area contributed by atoms with Crippen molar-refractivity contribution in [2.24, 2.45) is 11.5 Å². The summed E-state index contributed by atoms with van der Waals surface area (Å²) in [6, 6.07) is 5.35. The minimum atomic E-state index is -4.51. The second kappa shape index (κ2) is 9.02. The maximum Gasteiger partial charge on any atom is 0.416 e. The van der Waals surface area contributed by atoms with Crippen molar-refractivity contribution in [3.63, 3.8) is 0 Å². The van der Waals surface area contributed by atoms with Gasteiger partial charge in [0, 0.05) is 18.0 Å². The molecule has 166 valence electrons. The maximum atomic E-state index is 13.5. The quantitative estimate of drug-likeness (QED) is 0.509. The van der Waals surface area contributed by atoms with Gasteiger partial charge in [0.15, 0.2) is 0 Å². The zero-order valence-electron chi connectivity index (χ0n) is 17.0. The lowest BCUT2D eigenvalue weighted by molar-refractivity contribution is -0.138. The summed E-state index contributed by atoms with van der Waals surface area (Å²) in [5, 5.41) is 4.33. The number of hydrogen-bond acceptors (Lipinski definition) is 4. The molecule has 2 aromatic heterocycles. The van der Waals surface area contributed by atoms with Gasteiger partial charge >= 0.3 is 6.18 Å². The minimum absolute atomic E-state index is 0.00580. The third-order valence-electron chi connectivity index (χ3n) is 5.17. The third-order valence-corrected chi connectivity index (χ3v) is 6.60. The second-order valence-electron chi connectivity index (χ2n) is 7.14. The van der Waals surface area contributed by atoms with Gasteiger partial charge in [-0.05, 0) is 49.6 Å². The van der Waals surface area contributed by atoms with Crippen molar-refractivity contribution in [3.05, 3.63) is 61.9 Å². The van der Waals surface area contributed by atoms with Crippen LogP contribution in [0.5, 0.6) is 0 Å². The topological polar surface area (TPSA) is 86.9 Å². The molecule has 1 atom stereocenters. The van der Waals surface area contributed by atoms with Gasteiger partial charge < -0.3 is 11.5 Å². The lowest BCUT2D eigenvalue weighted by atomic mass is 9.86. The number of amides is 1. The summed E-state index contributed by atoms with van der Waals surface area (Å²) in [6.45, 7) is 4.31. The number of thiophene rings is 1. The smallest absolute Gasteiger partial charge is 0.365 e. The van der Waals surface area contributed by atoms with E-state index in [2.05, 4.69) is 5.10 Å². The van der Waals surface area contributed by atoms with E-state index in [0.717, 1.165) is 23.0 Å². The van der Waals surface area contributed by atoms with Gasteiger partial charge in [0.25, 0.3) is 5.91 Å². The van der Waals surface area contributed by atoms with E-state index in [1.165, 1.54) is 12.1 Å². The molecule has 0 spiro atoms. The summed E-state index contributed by atoms with van der Waals surface area (Å²) in [5.41, 5.74) is 13.6. The van der Waals surface area contributed by atoms with Crippen LogP contribution in [0.1, 0.15) is 44.8 Å². The van der Waals surface area contributed by atoms with Crippen molar-refractivity contribution in [3.8, 4) is 11.3 Å². The number of nitrogens with two attached hydrogens (primary N) is 2. The first-order valence-corrected chi connectivity index (χ1v) is 10.8. The van der Waals surface area contributed by atoms with Crippen LogP contribution in [0.2, 0.25) is 4.34 Å². The molecule has 0 unspecified atom stereocenters.